The highest BCUT2D eigenvalue weighted by Crippen LogP contribution is 2.16. The zero-order valence-electron chi connectivity index (χ0n) is 13.6. The van der Waals surface area contributed by atoms with Gasteiger partial charge in [0, 0.05) is 37.9 Å². The van der Waals surface area contributed by atoms with E-state index in [2.05, 4.69) is 29.4 Å². The minimum absolute atomic E-state index is 0.179. The van der Waals surface area contributed by atoms with Gasteiger partial charge in [-0.25, -0.2) is 0 Å². The van der Waals surface area contributed by atoms with Gasteiger partial charge in [-0.05, 0) is 32.2 Å². The molecular weight excluding hydrogens is 266 g/mol. The summed E-state index contributed by atoms with van der Waals surface area (Å²) in [6.45, 7) is 8.47. The molecule has 0 spiro atoms. The van der Waals surface area contributed by atoms with Crippen molar-refractivity contribution in [1.29, 1.82) is 0 Å². The molecule has 0 aromatic rings. The van der Waals surface area contributed by atoms with Crippen LogP contribution in [-0.4, -0.2) is 61.8 Å². The second-order valence-corrected chi connectivity index (χ2v) is 6.64. The Morgan fingerprint density at radius 3 is 2.71 bits per heavy atom. The summed E-state index contributed by atoms with van der Waals surface area (Å²) in [5, 5.41) is 6.68. The Bertz CT molecular complexity index is 317. The van der Waals surface area contributed by atoms with Crippen LogP contribution in [0.4, 0.5) is 0 Å². The van der Waals surface area contributed by atoms with Crippen LogP contribution in [0.5, 0.6) is 0 Å². The molecule has 5 heteroatoms. The van der Waals surface area contributed by atoms with Gasteiger partial charge in [0.05, 0.1) is 6.54 Å². The molecule has 2 aliphatic heterocycles. The SMILES string of the molecule is CC(C)NCC1CCCCN1CC(=O)NC1CCOCC1. The van der Waals surface area contributed by atoms with Crippen molar-refractivity contribution in [1.82, 2.24) is 15.5 Å². The van der Waals surface area contributed by atoms with Gasteiger partial charge >= 0.3 is 0 Å². The van der Waals surface area contributed by atoms with Crippen molar-refractivity contribution in [3.8, 4) is 0 Å². The maximum absolute atomic E-state index is 12.2. The number of hydrogen-bond donors (Lipinski definition) is 2. The van der Waals surface area contributed by atoms with Crippen molar-refractivity contribution in [2.24, 2.45) is 0 Å². The first-order valence-electron chi connectivity index (χ1n) is 8.49. The first-order chi connectivity index (χ1) is 10.1. The summed E-state index contributed by atoms with van der Waals surface area (Å²) in [4.78, 5) is 14.6. The maximum Gasteiger partial charge on any atom is 0.234 e. The van der Waals surface area contributed by atoms with E-state index in [1.165, 1.54) is 19.3 Å². The van der Waals surface area contributed by atoms with Crippen molar-refractivity contribution in [3.05, 3.63) is 0 Å². The first kappa shape index (κ1) is 16.7. The van der Waals surface area contributed by atoms with E-state index in [1.807, 2.05) is 0 Å². The quantitative estimate of drug-likeness (QED) is 0.772. The van der Waals surface area contributed by atoms with Gasteiger partial charge in [-0.1, -0.05) is 20.3 Å². The zero-order chi connectivity index (χ0) is 15.1. The summed E-state index contributed by atoms with van der Waals surface area (Å²) in [6.07, 6.45) is 5.59. The van der Waals surface area contributed by atoms with Crippen molar-refractivity contribution < 1.29 is 9.53 Å². The van der Waals surface area contributed by atoms with E-state index in [0.717, 1.165) is 39.1 Å². The predicted molar refractivity (Wildman–Crippen MR) is 84.3 cm³/mol. The van der Waals surface area contributed by atoms with Crippen LogP contribution in [0.2, 0.25) is 0 Å². The highest BCUT2D eigenvalue weighted by Gasteiger charge is 2.25. The molecule has 5 nitrogen and oxygen atoms in total. The van der Waals surface area contributed by atoms with Crippen LogP contribution in [0, 0.1) is 0 Å². The lowest BCUT2D eigenvalue weighted by Gasteiger charge is -2.36. The normalized spacial score (nSPS) is 25.2. The van der Waals surface area contributed by atoms with Crippen LogP contribution < -0.4 is 10.6 Å². The number of ether oxygens (including phenoxy) is 1. The molecule has 1 amide bonds. The fourth-order valence-corrected chi connectivity index (χ4v) is 3.17. The number of carbonyl (C=O) groups is 1. The van der Waals surface area contributed by atoms with E-state index in [4.69, 9.17) is 4.74 Å². The molecule has 2 saturated heterocycles. The standard InChI is InChI=1S/C16H31N3O2/c1-13(2)17-11-15-5-3-4-8-19(15)12-16(20)18-14-6-9-21-10-7-14/h13-15,17H,3-12H2,1-2H3,(H,18,20). The van der Waals surface area contributed by atoms with Gasteiger partial charge in [-0.15, -0.1) is 0 Å². The molecule has 0 radical (unpaired) electrons. The number of hydrogen-bond acceptors (Lipinski definition) is 4. The summed E-state index contributed by atoms with van der Waals surface area (Å²) in [7, 11) is 0. The van der Waals surface area contributed by atoms with Crippen molar-refractivity contribution in [3.63, 3.8) is 0 Å². The third-order valence-corrected chi connectivity index (χ3v) is 4.44. The average molecular weight is 297 g/mol. The molecule has 0 aliphatic carbocycles. The largest absolute Gasteiger partial charge is 0.381 e. The molecule has 2 aliphatic rings. The van der Waals surface area contributed by atoms with Crippen molar-refractivity contribution >= 4 is 5.91 Å². The van der Waals surface area contributed by atoms with E-state index in [-0.39, 0.29) is 5.91 Å². The number of carbonyl (C=O) groups excluding carboxylic acids is 1. The van der Waals surface area contributed by atoms with Gasteiger partial charge in [0.25, 0.3) is 0 Å². The fraction of sp³-hybridized carbons (Fsp3) is 0.938. The summed E-state index contributed by atoms with van der Waals surface area (Å²) in [6, 6.07) is 1.31. The van der Waals surface area contributed by atoms with Crippen LogP contribution in [0.1, 0.15) is 46.0 Å². The van der Waals surface area contributed by atoms with Crippen LogP contribution in [0.25, 0.3) is 0 Å². The Morgan fingerprint density at radius 2 is 2.00 bits per heavy atom. The van der Waals surface area contributed by atoms with Gasteiger partial charge in [0.1, 0.15) is 0 Å². The summed E-state index contributed by atoms with van der Waals surface area (Å²) < 4.78 is 5.33. The Kier molecular flexibility index (Phi) is 6.93. The summed E-state index contributed by atoms with van der Waals surface area (Å²) >= 11 is 0. The third kappa shape index (κ3) is 5.93. The fourth-order valence-electron chi connectivity index (χ4n) is 3.17. The summed E-state index contributed by atoms with van der Waals surface area (Å²) in [5.41, 5.74) is 0. The molecule has 0 aromatic carbocycles. The number of nitrogens with zero attached hydrogens (tertiary/aromatic N) is 1. The molecule has 2 rings (SSSR count). The average Bonchev–Trinajstić information content (AvgIpc) is 2.47. The number of amides is 1. The Balaban J connectivity index is 1.76. The smallest absolute Gasteiger partial charge is 0.234 e. The third-order valence-electron chi connectivity index (χ3n) is 4.44. The Morgan fingerprint density at radius 1 is 1.24 bits per heavy atom. The van der Waals surface area contributed by atoms with Crippen LogP contribution in [-0.2, 0) is 9.53 Å². The minimum atomic E-state index is 0.179. The molecule has 0 bridgehead atoms. The van der Waals surface area contributed by atoms with Crippen molar-refractivity contribution in [2.75, 3.05) is 32.8 Å². The number of rotatable bonds is 6. The van der Waals surface area contributed by atoms with Crippen LogP contribution >= 0.6 is 0 Å². The number of likely N-dealkylation sites (tertiary alicyclic amines) is 1. The van der Waals surface area contributed by atoms with Crippen molar-refractivity contribution in [2.45, 2.75) is 64.1 Å². The highest BCUT2D eigenvalue weighted by atomic mass is 16.5. The minimum Gasteiger partial charge on any atom is -0.381 e. The molecule has 0 saturated carbocycles. The lowest BCUT2D eigenvalue weighted by molar-refractivity contribution is -0.124. The molecule has 2 N–H and O–H groups in total. The highest BCUT2D eigenvalue weighted by molar-refractivity contribution is 5.78. The van der Waals surface area contributed by atoms with E-state index >= 15 is 0 Å². The Hall–Kier alpha value is -0.650. The van der Waals surface area contributed by atoms with Gasteiger partial charge in [-0.3, -0.25) is 9.69 Å². The Labute approximate surface area is 128 Å². The molecule has 2 heterocycles. The molecule has 1 unspecified atom stereocenters. The van der Waals surface area contributed by atoms with Gasteiger partial charge in [0.15, 0.2) is 0 Å². The zero-order valence-corrected chi connectivity index (χ0v) is 13.6. The maximum atomic E-state index is 12.2. The van der Waals surface area contributed by atoms with E-state index in [9.17, 15) is 4.79 Å². The predicted octanol–water partition coefficient (Wildman–Crippen LogP) is 1.13. The number of piperidine rings is 1. The number of nitrogens with one attached hydrogen (secondary N) is 2. The van der Waals surface area contributed by atoms with Gasteiger partial charge < -0.3 is 15.4 Å². The second kappa shape index (κ2) is 8.71. The monoisotopic (exact) mass is 297 g/mol. The lowest BCUT2D eigenvalue weighted by Crippen LogP contribution is -2.51. The second-order valence-electron chi connectivity index (χ2n) is 6.64. The van der Waals surface area contributed by atoms with Crippen LogP contribution in [0.3, 0.4) is 0 Å². The molecule has 2 fully saturated rings. The van der Waals surface area contributed by atoms with E-state index in [1.54, 1.807) is 0 Å². The molecule has 122 valence electrons. The van der Waals surface area contributed by atoms with Gasteiger partial charge in [-0.2, -0.15) is 0 Å². The molecule has 21 heavy (non-hydrogen) atoms. The molecular formula is C16H31N3O2. The topological polar surface area (TPSA) is 53.6 Å². The lowest BCUT2D eigenvalue weighted by atomic mass is 10.0. The first-order valence-corrected chi connectivity index (χ1v) is 8.49. The van der Waals surface area contributed by atoms with E-state index < -0.39 is 0 Å². The van der Waals surface area contributed by atoms with Crippen LogP contribution in [0.15, 0.2) is 0 Å². The summed E-state index contributed by atoms with van der Waals surface area (Å²) in [5.74, 6) is 0.179. The van der Waals surface area contributed by atoms with Gasteiger partial charge in [0.2, 0.25) is 5.91 Å². The molecule has 0 aromatic heterocycles. The van der Waals surface area contributed by atoms with E-state index in [0.29, 0.717) is 24.7 Å². The molecule has 1 atom stereocenters.